The third-order valence-electron chi connectivity index (χ3n) is 3.44. The van der Waals surface area contributed by atoms with E-state index in [1.807, 2.05) is 30.3 Å². The second-order valence-corrected chi connectivity index (χ2v) is 4.84. The Bertz CT molecular complexity index is 572. The van der Waals surface area contributed by atoms with E-state index in [0.717, 1.165) is 11.3 Å². The first kappa shape index (κ1) is 13.3. The molecule has 4 N–H and O–H groups in total. The number of aliphatic hydroxyl groups is 3. The minimum absolute atomic E-state index is 0.0374. The first-order valence-corrected chi connectivity index (χ1v) is 6.43. The minimum atomic E-state index is -1.24. The number of ether oxygens (including phenoxy) is 1. The summed E-state index contributed by atoms with van der Waals surface area (Å²) in [5, 5.41) is 29.1. The maximum atomic E-state index is 9.95. The van der Waals surface area contributed by atoms with Crippen molar-refractivity contribution in [3.63, 3.8) is 0 Å². The van der Waals surface area contributed by atoms with Gasteiger partial charge in [-0.3, -0.25) is 0 Å². The summed E-state index contributed by atoms with van der Waals surface area (Å²) in [6.07, 6.45) is -2.58. The molecule has 2 heterocycles. The first-order valence-electron chi connectivity index (χ1n) is 6.43. The third kappa shape index (κ3) is 2.34. The Kier molecular flexibility index (Phi) is 3.54. The molecule has 20 heavy (non-hydrogen) atoms. The van der Waals surface area contributed by atoms with E-state index in [4.69, 9.17) is 4.74 Å². The number of aromatic nitrogens is 2. The van der Waals surface area contributed by atoms with Gasteiger partial charge in [-0.05, 0) is 0 Å². The van der Waals surface area contributed by atoms with E-state index >= 15 is 0 Å². The Morgan fingerprint density at radius 3 is 2.60 bits per heavy atom. The zero-order valence-electron chi connectivity index (χ0n) is 10.7. The number of aromatic amines is 1. The van der Waals surface area contributed by atoms with Crippen LogP contribution < -0.4 is 0 Å². The zero-order valence-corrected chi connectivity index (χ0v) is 10.7. The highest BCUT2D eigenvalue weighted by atomic mass is 16.5. The van der Waals surface area contributed by atoms with Crippen LogP contribution in [0.5, 0.6) is 0 Å². The fraction of sp³-hybridized carbons (Fsp3) is 0.357. The molecule has 0 aliphatic carbocycles. The largest absolute Gasteiger partial charge is 0.388 e. The number of H-pyrrole nitrogens is 1. The molecule has 4 atom stereocenters. The summed E-state index contributed by atoms with van der Waals surface area (Å²) in [7, 11) is 0. The number of imidazole rings is 1. The molecule has 0 bridgehead atoms. The van der Waals surface area contributed by atoms with Crippen LogP contribution >= 0.6 is 0 Å². The lowest BCUT2D eigenvalue weighted by Crippen LogP contribution is -2.49. The summed E-state index contributed by atoms with van der Waals surface area (Å²) in [6, 6.07) is 9.60. The van der Waals surface area contributed by atoms with Crippen molar-refractivity contribution in [1.29, 1.82) is 0 Å². The lowest BCUT2D eigenvalue weighted by Gasteiger charge is -2.34. The van der Waals surface area contributed by atoms with Gasteiger partial charge in [-0.1, -0.05) is 30.3 Å². The maximum absolute atomic E-state index is 9.95. The van der Waals surface area contributed by atoms with Gasteiger partial charge in [0.05, 0.1) is 12.3 Å². The SMILES string of the molecule is O[C@@H]1[C@@H](O)[C@H](c2nc(-c3ccccc3)c[nH]2)OC[C@H]1O. The Labute approximate surface area is 115 Å². The molecule has 106 valence electrons. The van der Waals surface area contributed by atoms with Crippen molar-refractivity contribution in [1.82, 2.24) is 9.97 Å². The van der Waals surface area contributed by atoms with Crippen molar-refractivity contribution >= 4 is 0 Å². The minimum Gasteiger partial charge on any atom is -0.388 e. The molecule has 0 spiro atoms. The quantitative estimate of drug-likeness (QED) is 0.629. The fourth-order valence-electron chi connectivity index (χ4n) is 2.29. The van der Waals surface area contributed by atoms with Gasteiger partial charge in [0.1, 0.15) is 30.2 Å². The van der Waals surface area contributed by atoms with Gasteiger partial charge in [0, 0.05) is 11.8 Å². The number of nitrogens with zero attached hydrogens (tertiary/aromatic N) is 1. The van der Waals surface area contributed by atoms with Gasteiger partial charge in [0.25, 0.3) is 0 Å². The van der Waals surface area contributed by atoms with Crippen LogP contribution in [0.4, 0.5) is 0 Å². The van der Waals surface area contributed by atoms with E-state index in [1.54, 1.807) is 6.20 Å². The summed E-state index contributed by atoms with van der Waals surface area (Å²) in [5.41, 5.74) is 1.68. The van der Waals surface area contributed by atoms with E-state index in [9.17, 15) is 15.3 Å². The highest BCUT2D eigenvalue weighted by molar-refractivity contribution is 5.58. The Hall–Kier alpha value is -1.73. The fourth-order valence-corrected chi connectivity index (χ4v) is 2.29. The smallest absolute Gasteiger partial charge is 0.144 e. The molecule has 1 aliphatic heterocycles. The summed E-state index contributed by atoms with van der Waals surface area (Å²) in [4.78, 5) is 7.33. The summed E-state index contributed by atoms with van der Waals surface area (Å²) in [5.74, 6) is 0.433. The van der Waals surface area contributed by atoms with Gasteiger partial charge in [0.2, 0.25) is 0 Å². The average Bonchev–Trinajstić information content (AvgIpc) is 2.95. The van der Waals surface area contributed by atoms with E-state index in [1.165, 1.54) is 0 Å². The van der Waals surface area contributed by atoms with Crippen molar-refractivity contribution in [2.75, 3.05) is 6.61 Å². The van der Waals surface area contributed by atoms with E-state index in [0.29, 0.717) is 5.82 Å². The molecule has 1 fully saturated rings. The number of aliphatic hydroxyl groups excluding tert-OH is 3. The Morgan fingerprint density at radius 1 is 1.10 bits per heavy atom. The number of rotatable bonds is 2. The van der Waals surface area contributed by atoms with Gasteiger partial charge in [-0.15, -0.1) is 0 Å². The van der Waals surface area contributed by atoms with Crippen LogP contribution in [0.2, 0.25) is 0 Å². The van der Waals surface area contributed by atoms with Crippen LogP contribution in [-0.2, 0) is 4.74 Å². The molecule has 0 unspecified atom stereocenters. The topological polar surface area (TPSA) is 98.6 Å². The highest BCUT2D eigenvalue weighted by Crippen LogP contribution is 2.28. The number of benzene rings is 1. The molecule has 1 aromatic carbocycles. The van der Waals surface area contributed by atoms with Crippen molar-refractivity contribution in [2.45, 2.75) is 24.4 Å². The predicted molar refractivity (Wildman–Crippen MR) is 70.7 cm³/mol. The van der Waals surface area contributed by atoms with Crippen LogP contribution in [0, 0.1) is 0 Å². The maximum Gasteiger partial charge on any atom is 0.144 e. The van der Waals surface area contributed by atoms with Crippen LogP contribution in [0.3, 0.4) is 0 Å². The summed E-state index contributed by atoms with van der Waals surface area (Å²) >= 11 is 0. The second kappa shape index (κ2) is 5.34. The third-order valence-corrected chi connectivity index (χ3v) is 3.44. The zero-order chi connectivity index (χ0) is 14.1. The molecule has 0 amide bonds. The predicted octanol–water partition coefficient (Wildman–Crippen LogP) is 0.231. The van der Waals surface area contributed by atoms with E-state index < -0.39 is 24.4 Å². The van der Waals surface area contributed by atoms with Crippen molar-refractivity contribution in [3.8, 4) is 11.3 Å². The van der Waals surface area contributed by atoms with Crippen LogP contribution in [0.15, 0.2) is 36.5 Å². The van der Waals surface area contributed by atoms with Crippen molar-refractivity contribution in [3.05, 3.63) is 42.4 Å². The van der Waals surface area contributed by atoms with E-state index in [-0.39, 0.29) is 6.61 Å². The molecule has 0 saturated carbocycles. The molecule has 6 nitrogen and oxygen atoms in total. The number of hydrogen-bond donors (Lipinski definition) is 4. The highest BCUT2D eigenvalue weighted by Gasteiger charge is 2.39. The number of nitrogens with one attached hydrogen (secondary N) is 1. The van der Waals surface area contributed by atoms with Crippen LogP contribution in [0.1, 0.15) is 11.9 Å². The van der Waals surface area contributed by atoms with E-state index in [2.05, 4.69) is 9.97 Å². The molecular weight excluding hydrogens is 260 g/mol. The molecular formula is C14H16N2O4. The molecule has 0 radical (unpaired) electrons. The Morgan fingerprint density at radius 2 is 1.85 bits per heavy atom. The average molecular weight is 276 g/mol. The molecule has 3 rings (SSSR count). The lowest BCUT2D eigenvalue weighted by atomic mass is 10.00. The summed E-state index contributed by atoms with van der Waals surface area (Å²) < 4.78 is 5.35. The number of hydrogen-bond acceptors (Lipinski definition) is 5. The van der Waals surface area contributed by atoms with Gasteiger partial charge in [-0.25, -0.2) is 4.98 Å². The van der Waals surface area contributed by atoms with Crippen LogP contribution in [0.25, 0.3) is 11.3 Å². The van der Waals surface area contributed by atoms with Gasteiger partial charge in [-0.2, -0.15) is 0 Å². The van der Waals surface area contributed by atoms with Gasteiger partial charge >= 0.3 is 0 Å². The van der Waals surface area contributed by atoms with Gasteiger partial charge < -0.3 is 25.0 Å². The van der Waals surface area contributed by atoms with Gasteiger partial charge in [0.15, 0.2) is 0 Å². The standard InChI is InChI=1S/C14H16N2O4/c17-10-7-20-13(12(19)11(10)18)14-15-6-9(16-14)8-4-2-1-3-5-8/h1-6,10-13,17-19H,7H2,(H,15,16)/t10-,11+,12-,13-/m1/s1. The van der Waals surface area contributed by atoms with Crippen LogP contribution in [-0.4, -0.2) is 50.2 Å². The monoisotopic (exact) mass is 276 g/mol. The molecule has 2 aromatic rings. The second-order valence-electron chi connectivity index (χ2n) is 4.84. The normalized spacial score (nSPS) is 30.4. The van der Waals surface area contributed by atoms with Crippen molar-refractivity contribution in [2.24, 2.45) is 0 Å². The molecule has 1 aliphatic rings. The summed E-state index contributed by atoms with van der Waals surface area (Å²) in [6.45, 7) is -0.0374. The molecule has 6 heteroatoms. The first-order chi connectivity index (χ1) is 9.66. The Balaban J connectivity index is 1.84. The molecule has 1 saturated heterocycles. The molecule has 1 aromatic heterocycles. The van der Waals surface area contributed by atoms with Crippen molar-refractivity contribution < 1.29 is 20.1 Å². The lowest BCUT2D eigenvalue weighted by molar-refractivity contribution is -0.191.